The number of benzene rings is 3. The summed E-state index contributed by atoms with van der Waals surface area (Å²) in [5.74, 6) is 0.0830. The van der Waals surface area contributed by atoms with Gasteiger partial charge in [0.25, 0.3) is 5.91 Å². The third kappa shape index (κ3) is 4.67. The highest BCUT2D eigenvalue weighted by Crippen LogP contribution is 2.66. The maximum Gasteiger partial charge on any atom is 0.255 e. The number of halogens is 1. The van der Waals surface area contributed by atoms with Crippen LogP contribution < -0.4 is 5.32 Å². The zero-order valence-corrected chi connectivity index (χ0v) is 22.5. The Kier molecular flexibility index (Phi) is 5.99. The first-order valence-corrected chi connectivity index (χ1v) is 15.0. The van der Waals surface area contributed by atoms with Crippen LogP contribution in [0.3, 0.4) is 0 Å². The van der Waals surface area contributed by atoms with E-state index < -0.39 is 21.6 Å². The molecule has 1 aromatic heterocycles. The van der Waals surface area contributed by atoms with Crippen LogP contribution in [0.1, 0.15) is 52.0 Å². The Balaban J connectivity index is 1.50. The highest BCUT2D eigenvalue weighted by molar-refractivity contribution is 7.89. The summed E-state index contributed by atoms with van der Waals surface area (Å²) in [6.45, 7) is 0. The van der Waals surface area contributed by atoms with Crippen molar-refractivity contribution in [3.63, 3.8) is 0 Å². The minimum Gasteiger partial charge on any atom is -0.455 e. The van der Waals surface area contributed by atoms with Gasteiger partial charge < -0.3 is 9.73 Å². The molecular weight excluding hydrogens is 517 g/mol. The van der Waals surface area contributed by atoms with Crippen molar-refractivity contribution in [1.82, 2.24) is 5.32 Å². The van der Waals surface area contributed by atoms with Gasteiger partial charge in [0, 0.05) is 36.2 Å². The van der Waals surface area contributed by atoms with Gasteiger partial charge >= 0.3 is 0 Å². The van der Waals surface area contributed by atoms with Gasteiger partial charge in [-0.2, -0.15) is 0 Å². The molecule has 1 amide bonds. The summed E-state index contributed by atoms with van der Waals surface area (Å²) in [5, 5.41) is 3.13. The van der Waals surface area contributed by atoms with E-state index in [1.807, 2.05) is 6.07 Å². The molecule has 7 rings (SSSR count). The molecule has 3 fully saturated rings. The second-order valence-electron chi connectivity index (χ2n) is 11.1. The minimum absolute atomic E-state index is 0.0914. The lowest BCUT2D eigenvalue weighted by molar-refractivity contribution is -0.103. The first-order chi connectivity index (χ1) is 18.5. The van der Waals surface area contributed by atoms with Crippen molar-refractivity contribution in [3.05, 3.63) is 83.2 Å². The Morgan fingerprint density at radius 1 is 1.03 bits per heavy atom. The molecule has 4 aromatic rings. The van der Waals surface area contributed by atoms with E-state index in [4.69, 9.17) is 4.42 Å². The van der Waals surface area contributed by atoms with Crippen LogP contribution in [0.15, 0.2) is 65.1 Å². The molecule has 0 saturated heterocycles. The van der Waals surface area contributed by atoms with Crippen LogP contribution in [0.4, 0.5) is 4.39 Å². The maximum absolute atomic E-state index is 13.6. The van der Waals surface area contributed by atoms with Crippen LogP contribution in [0.5, 0.6) is 0 Å². The van der Waals surface area contributed by atoms with Crippen molar-refractivity contribution in [2.75, 3.05) is 13.3 Å². The molecule has 0 unspecified atom stereocenters. The van der Waals surface area contributed by atoms with Crippen molar-refractivity contribution in [2.45, 2.75) is 31.4 Å². The van der Waals surface area contributed by atoms with E-state index >= 15 is 0 Å². The van der Waals surface area contributed by atoms with Gasteiger partial charge in [-0.3, -0.25) is 9.59 Å². The number of carbonyl (C=O) groups excluding carboxylic acids is 2. The molecule has 0 atom stereocenters. The number of nitrogens with one attached hydrogen (secondary N) is 1. The summed E-state index contributed by atoms with van der Waals surface area (Å²) in [7, 11) is -1.92. The Labute approximate surface area is 226 Å². The monoisotopic (exact) mass is 545 g/mol. The van der Waals surface area contributed by atoms with E-state index in [9.17, 15) is 22.4 Å². The first-order valence-electron chi connectivity index (χ1n) is 12.9. The molecule has 1 heterocycles. The number of fused-ring (bicyclic) bond motifs is 1. The van der Waals surface area contributed by atoms with Crippen molar-refractivity contribution >= 4 is 32.5 Å². The number of hydrogen-bond donors (Lipinski definition) is 1. The SMILES string of the molecule is CNC(=O)c1c(-c2ccc(F)cc2)oc2cc(CS(C)(=O)=O)c(-c3cccc(C(=O)CC45CC(C4)C5)c3)cc12. The molecule has 0 aliphatic heterocycles. The third-order valence-electron chi connectivity index (χ3n) is 8.09. The molecule has 0 spiro atoms. The van der Waals surface area contributed by atoms with Gasteiger partial charge in [-0.25, -0.2) is 12.8 Å². The molecule has 3 aliphatic carbocycles. The van der Waals surface area contributed by atoms with Crippen molar-refractivity contribution in [2.24, 2.45) is 11.3 Å². The zero-order valence-electron chi connectivity index (χ0n) is 21.7. The van der Waals surface area contributed by atoms with Crippen LogP contribution in [0, 0.1) is 17.2 Å². The van der Waals surface area contributed by atoms with E-state index in [1.54, 1.807) is 30.3 Å². The van der Waals surface area contributed by atoms with Crippen LogP contribution in [-0.2, 0) is 15.6 Å². The zero-order chi connectivity index (χ0) is 27.5. The number of carbonyl (C=O) groups is 2. The molecule has 3 saturated carbocycles. The van der Waals surface area contributed by atoms with E-state index in [-0.39, 0.29) is 28.3 Å². The summed E-state index contributed by atoms with van der Waals surface area (Å²) >= 11 is 0. The second-order valence-corrected chi connectivity index (χ2v) is 13.3. The number of sulfone groups is 1. The van der Waals surface area contributed by atoms with E-state index in [1.165, 1.54) is 31.3 Å². The molecule has 6 nitrogen and oxygen atoms in total. The van der Waals surface area contributed by atoms with Gasteiger partial charge in [-0.1, -0.05) is 18.2 Å². The summed E-state index contributed by atoms with van der Waals surface area (Å²) in [4.78, 5) is 26.2. The lowest BCUT2D eigenvalue weighted by atomic mass is 9.43. The quantitative estimate of drug-likeness (QED) is 0.267. The summed E-state index contributed by atoms with van der Waals surface area (Å²) in [5.41, 5.74) is 3.67. The molecule has 39 heavy (non-hydrogen) atoms. The standard InChI is InChI=1S/C31H28FNO5S/c1-33-30(35)28-25-12-24(20-4-3-5-21(10-20)26(34)16-31-13-18(14-31)15-31)22(17-39(2,36)37)11-27(25)38-29(28)19-6-8-23(32)9-7-19/h3-12,18H,13-17H2,1-2H3,(H,33,35). The highest BCUT2D eigenvalue weighted by Gasteiger charge is 2.56. The molecule has 0 radical (unpaired) electrons. The van der Waals surface area contributed by atoms with Crippen molar-refractivity contribution in [1.29, 1.82) is 0 Å². The molecule has 1 N–H and O–H groups in total. The molecular formula is C31H28FNO5S. The molecule has 200 valence electrons. The molecule has 3 aliphatic rings. The number of amides is 1. The van der Waals surface area contributed by atoms with Crippen molar-refractivity contribution < 1.29 is 26.8 Å². The van der Waals surface area contributed by atoms with Crippen molar-refractivity contribution in [3.8, 4) is 22.5 Å². The topological polar surface area (TPSA) is 93.4 Å². The highest BCUT2D eigenvalue weighted by atomic mass is 32.2. The summed E-state index contributed by atoms with van der Waals surface area (Å²) < 4.78 is 44.5. The van der Waals surface area contributed by atoms with E-state index in [0.29, 0.717) is 45.2 Å². The predicted molar refractivity (Wildman–Crippen MR) is 148 cm³/mol. The van der Waals surface area contributed by atoms with Gasteiger partial charge in [-0.15, -0.1) is 0 Å². The lowest BCUT2D eigenvalue weighted by Gasteiger charge is -2.62. The van der Waals surface area contributed by atoms with Gasteiger partial charge in [-0.05, 0) is 89.8 Å². The maximum atomic E-state index is 13.6. The Bertz CT molecular complexity index is 1740. The van der Waals surface area contributed by atoms with E-state index in [2.05, 4.69) is 5.32 Å². The van der Waals surface area contributed by atoms with Gasteiger partial charge in [0.15, 0.2) is 15.6 Å². The third-order valence-corrected chi connectivity index (χ3v) is 8.92. The van der Waals surface area contributed by atoms with Gasteiger partial charge in [0.2, 0.25) is 0 Å². The predicted octanol–water partition coefficient (Wildman–Crippen LogP) is 6.18. The normalized spacial score (nSPS) is 19.8. The minimum atomic E-state index is -3.43. The molecule has 3 aromatic carbocycles. The Morgan fingerprint density at radius 2 is 1.74 bits per heavy atom. The first kappa shape index (κ1) is 25.5. The van der Waals surface area contributed by atoms with E-state index in [0.717, 1.165) is 31.4 Å². The molecule has 8 heteroatoms. The number of ketones is 1. The van der Waals surface area contributed by atoms with Gasteiger partial charge in [0.1, 0.15) is 17.2 Å². The number of rotatable bonds is 8. The number of furan rings is 1. The van der Waals surface area contributed by atoms with Crippen LogP contribution in [0.2, 0.25) is 0 Å². The number of hydrogen-bond acceptors (Lipinski definition) is 5. The Morgan fingerprint density at radius 3 is 2.36 bits per heavy atom. The second kappa shape index (κ2) is 9.16. The average Bonchev–Trinajstić information content (AvgIpc) is 3.22. The smallest absolute Gasteiger partial charge is 0.255 e. The van der Waals surface area contributed by atoms with Crippen LogP contribution in [-0.4, -0.2) is 33.4 Å². The largest absolute Gasteiger partial charge is 0.455 e. The Hall–Kier alpha value is -3.78. The summed E-state index contributed by atoms with van der Waals surface area (Å²) in [6, 6.07) is 16.3. The fraction of sp³-hybridized carbons (Fsp3) is 0.290. The summed E-state index contributed by atoms with van der Waals surface area (Å²) in [6.07, 6.45) is 5.09. The lowest BCUT2D eigenvalue weighted by Crippen LogP contribution is -2.52. The number of Topliss-reactive ketones (excluding diaryl/α,β-unsaturated/α-hetero) is 1. The molecule has 2 bridgehead atoms. The fourth-order valence-electron chi connectivity index (χ4n) is 6.19. The average molecular weight is 546 g/mol. The fourth-order valence-corrected chi connectivity index (χ4v) is 6.99. The van der Waals surface area contributed by atoms with Crippen LogP contribution in [0.25, 0.3) is 33.4 Å². The van der Waals surface area contributed by atoms with Gasteiger partial charge in [0.05, 0.1) is 11.3 Å². The van der Waals surface area contributed by atoms with Crippen LogP contribution >= 0.6 is 0 Å².